The van der Waals surface area contributed by atoms with Gasteiger partial charge in [-0.15, -0.1) is 0 Å². The van der Waals surface area contributed by atoms with Crippen LogP contribution in [0.4, 0.5) is 0 Å². The Kier molecular flexibility index (Phi) is 5.05. The van der Waals surface area contributed by atoms with E-state index in [9.17, 15) is 4.79 Å². The van der Waals surface area contributed by atoms with E-state index < -0.39 is 0 Å². The summed E-state index contributed by atoms with van der Waals surface area (Å²) in [5.74, 6) is 0.753. The first-order valence-corrected chi connectivity index (χ1v) is 6.99. The number of rotatable bonds is 5. The van der Waals surface area contributed by atoms with Gasteiger partial charge in [0.25, 0.3) is 0 Å². The molecule has 4 heteroatoms. The van der Waals surface area contributed by atoms with Crippen LogP contribution >= 0.6 is 23.2 Å². The molecule has 20 heavy (non-hydrogen) atoms. The highest BCUT2D eigenvalue weighted by Crippen LogP contribution is 2.23. The molecule has 2 aromatic carbocycles. The second-order valence-corrected chi connectivity index (χ2v) is 5.28. The summed E-state index contributed by atoms with van der Waals surface area (Å²) in [5, 5.41) is 0.830. The van der Waals surface area contributed by atoms with E-state index in [1.807, 2.05) is 31.2 Å². The highest BCUT2D eigenvalue weighted by molar-refractivity contribution is 6.42. The van der Waals surface area contributed by atoms with Gasteiger partial charge in [-0.3, -0.25) is 4.79 Å². The minimum Gasteiger partial charge on any atom is -0.493 e. The van der Waals surface area contributed by atoms with Gasteiger partial charge in [0.15, 0.2) is 5.78 Å². The van der Waals surface area contributed by atoms with Gasteiger partial charge in [0.05, 0.1) is 16.7 Å². The maximum absolute atomic E-state index is 12.0. The lowest BCUT2D eigenvalue weighted by Gasteiger charge is -2.07. The van der Waals surface area contributed by atoms with Crippen molar-refractivity contribution in [2.45, 2.75) is 13.3 Å². The Labute approximate surface area is 128 Å². The molecular weight excluding hydrogens is 295 g/mol. The summed E-state index contributed by atoms with van der Waals surface area (Å²) >= 11 is 11.7. The van der Waals surface area contributed by atoms with Crippen LogP contribution in [-0.2, 0) is 0 Å². The fourth-order valence-corrected chi connectivity index (χ4v) is 2.08. The highest BCUT2D eigenvalue weighted by atomic mass is 35.5. The van der Waals surface area contributed by atoms with Crippen molar-refractivity contribution in [1.29, 1.82) is 0 Å². The summed E-state index contributed by atoms with van der Waals surface area (Å²) in [6, 6.07) is 12.6. The largest absolute Gasteiger partial charge is 0.493 e. The molecule has 0 aliphatic rings. The van der Waals surface area contributed by atoms with Crippen LogP contribution in [0.2, 0.25) is 10.0 Å². The summed E-state index contributed by atoms with van der Waals surface area (Å²) in [7, 11) is 0. The predicted octanol–water partition coefficient (Wildman–Crippen LogP) is 4.95. The third-order valence-electron chi connectivity index (χ3n) is 2.83. The molecule has 104 valence electrons. The summed E-state index contributed by atoms with van der Waals surface area (Å²) in [6.07, 6.45) is 0.298. The summed E-state index contributed by atoms with van der Waals surface area (Å²) in [5.41, 5.74) is 1.67. The van der Waals surface area contributed by atoms with Crippen molar-refractivity contribution in [2.24, 2.45) is 0 Å². The molecule has 0 spiro atoms. The van der Waals surface area contributed by atoms with E-state index in [0.717, 1.165) is 11.3 Å². The van der Waals surface area contributed by atoms with Crippen LogP contribution in [0.3, 0.4) is 0 Å². The zero-order chi connectivity index (χ0) is 14.5. The molecule has 0 aliphatic carbocycles. The van der Waals surface area contributed by atoms with Gasteiger partial charge < -0.3 is 4.74 Å². The molecule has 0 heterocycles. The van der Waals surface area contributed by atoms with E-state index in [0.29, 0.717) is 28.6 Å². The van der Waals surface area contributed by atoms with E-state index >= 15 is 0 Å². The second kappa shape index (κ2) is 6.78. The van der Waals surface area contributed by atoms with Gasteiger partial charge in [0.1, 0.15) is 5.75 Å². The lowest BCUT2D eigenvalue weighted by atomic mass is 10.1. The number of hydrogen-bond acceptors (Lipinski definition) is 2. The smallest absolute Gasteiger partial charge is 0.166 e. The number of ether oxygens (including phenoxy) is 1. The standard InChI is InChI=1S/C16H14Cl2O2/c1-11-3-2-4-13(9-11)20-8-7-16(19)12-5-6-14(17)15(18)10-12/h2-6,9-10H,7-8H2,1H3. The van der Waals surface area contributed by atoms with Gasteiger partial charge in [-0.05, 0) is 42.8 Å². The normalized spacial score (nSPS) is 10.3. The molecule has 0 N–H and O–H groups in total. The van der Waals surface area contributed by atoms with Crippen LogP contribution in [-0.4, -0.2) is 12.4 Å². The van der Waals surface area contributed by atoms with E-state index in [2.05, 4.69) is 0 Å². The number of carbonyl (C=O) groups excluding carboxylic acids is 1. The van der Waals surface area contributed by atoms with Crippen molar-refractivity contribution in [3.05, 3.63) is 63.6 Å². The number of hydrogen-bond donors (Lipinski definition) is 0. The average Bonchev–Trinajstić information content (AvgIpc) is 2.42. The predicted molar refractivity (Wildman–Crippen MR) is 82.1 cm³/mol. The number of benzene rings is 2. The van der Waals surface area contributed by atoms with Gasteiger partial charge >= 0.3 is 0 Å². The first kappa shape index (κ1) is 14.9. The number of Topliss-reactive ketones (excluding diaryl/α,β-unsaturated/α-hetero) is 1. The van der Waals surface area contributed by atoms with Crippen LogP contribution < -0.4 is 4.74 Å². The van der Waals surface area contributed by atoms with Gasteiger partial charge in [0.2, 0.25) is 0 Å². The van der Waals surface area contributed by atoms with Crippen molar-refractivity contribution in [1.82, 2.24) is 0 Å². The minimum absolute atomic E-state index is 0.0174. The Morgan fingerprint density at radius 3 is 2.60 bits per heavy atom. The first-order valence-electron chi connectivity index (χ1n) is 6.24. The van der Waals surface area contributed by atoms with Gasteiger partial charge in [-0.2, -0.15) is 0 Å². The zero-order valence-corrected chi connectivity index (χ0v) is 12.5. The topological polar surface area (TPSA) is 26.3 Å². The average molecular weight is 309 g/mol. The lowest BCUT2D eigenvalue weighted by Crippen LogP contribution is -2.06. The molecule has 0 bridgehead atoms. The number of ketones is 1. The maximum atomic E-state index is 12.0. The fourth-order valence-electron chi connectivity index (χ4n) is 1.78. The minimum atomic E-state index is -0.0174. The molecule has 0 saturated heterocycles. The molecular formula is C16H14Cl2O2. The molecule has 0 atom stereocenters. The summed E-state index contributed by atoms with van der Waals surface area (Å²) in [4.78, 5) is 12.0. The Morgan fingerprint density at radius 2 is 1.90 bits per heavy atom. The van der Waals surface area contributed by atoms with Crippen molar-refractivity contribution in [3.8, 4) is 5.75 Å². The number of halogens is 2. The second-order valence-electron chi connectivity index (χ2n) is 4.47. The van der Waals surface area contributed by atoms with Gasteiger partial charge in [0, 0.05) is 12.0 Å². The Bertz CT molecular complexity index is 624. The molecule has 0 unspecified atom stereocenters. The molecule has 0 amide bonds. The van der Waals surface area contributed by atoms with Gasteiger partial charge in [-0.1, -0.05) is 35.3 Å². The van der Waals surface area contributed by atoms with Crippen LogP contribution in [0.5, 0.6) is 5.75 Å². The van der Waals surface area contributed by atoms with Crippen molar-refractivity contribution in [3.63, 3.8) is 0 Å². The van der Waals surface area contributed by atoms with E-state index in [4.69, 9.17) is 27.9 Å². The fraction of sp³-hybridized carbons (Fsp3) is 0.188. The molecule has 0 fully saturated rings. The van der Waals surface area contributed by atoms with Gasteiger partial charge in [-0.25, -0.2) is 0 Å². The molecule has 0 aliphatic heterocycles. The number of carbonyl (C=O) groups is 1. The van der Waals surface area contributed by atoms with Crippen molar-refractivity contribution < 1.29 is 9.53 Å². The molecule has 2 aromatic rings. The van der Waals surface area contributed by atoms with Crippen molar-refractivity contribution >= 4 is 29.0 Å². The third-order valence-corrected chi connectivity index (χ3v) is 3.57. The first-order chi connectivity index (χ1) is 9.56. The van der Waals surface area contributed by atoms with Crippen LogP contribution in [0.1, 0.15) is 22.3 Å². The zero-order valence-electron chi connectivity index (χ0n) is 11.0. The maximum Gasteiger partial charge on any atom is 0.166 e. The van der Waals surface area contributed by atoms with Crippen LogP contribution in [0.15, 0.2) is 42.5 Å². The SMILES string of the molecule is Cc1cccc(OCCC(=O)c2ccc(Cl)c(Cl)c2)c1. The molecule has 2 nitrogen and oxygen atoms in total. The number of aryl methyl sites for hydroxylation is 1. The molecule has 0 radical (unpaired) electrons. The van der Waals surface area contributed by atoms with Crippen LogP contribution in [0.25, 0.3) is 0 Å². The summed E-state index contributed by atoms with van der Waals surface area (Å²) in [6.45, 7) is 2.33. The Hall–Kier alpha value is -1.51. The lowest BCUT2D eigenvalue weighted by molar-refractivity contribution is 0.0962. The monoisotopic (exact) mass is 308 g/mol. The van der Waals surface area contributed by atoms with Crippen LogP contribution in [0, 0.1) is 6.92 Å². The quantitative estimate of drug-likeness (QED) is 0.730. The molecule has 0 saturated carbocycles. The third kappa shape index (κ3) is 3.99. The Balaban J connectivity index is 1.90. The van der Waals surface area contributed by atoms with E-state index in [1.54, 1.807) is 18.2 Å². The Morgan fingerprint density at radius 1 is 1.10 bits per heavy atom. The molecule has 2 rings (SSSR count). The summed E-state index contributed by atoms with van der Waals surface area (Å²) < 4.78 is 5.55. The van der Waals surface area contributed by atoms with Crippen molar-refractivity contribution in [2.75, 3.05) is 6.61 Å². The van der Waals surface area contributed by atoms with E-state index in [-0.39, 0.29) is 5.78 Å². The molecule has 0 aromatic heterocycles. The van der Waals surface area contributed by atoms with E-state index in [1.165, 1.54) is 0 Å². The highest BCUT2D eigenvalue weighted by Gasteiger charge is 2.08.